The van der Waals surface area contributed by atoms with Crippen LogP contribution in [0.15, 0.2) is 29.4 Å². The molecule has 27 heavy (non-hydrogen) atoms. The lowest BCUT2D eigenvalue weighted by Gasteiger charge is -2.05. The number of nitrogens with one attached hydrogen (secondary N) is 1. The van der Waals surface area contributed by atoms with E-state index >= 15 is 0 Å². The Labute approximate surface area is 165 Å². The first-order chi connectivity index (χ1) is 13.3. The summed E-state index contributed by atoms with van der Waals surface area (Å²) >= 11 is 0. The molecular weight excluding hydrogens is 336 g/mol. The molecule has 0 heterocycles. The third-order valence-corrected chi connectivity index (χ3v) is 4.56. The van der Waals surface area contributed by atoms with E-state index in [2.05, 4.69) is 24.4 Å². The van der Waals surface area contributed by atoms with Crippen molar-refractivity contribution in [1.82, 2.24) is 5.43 Å². The summed E-state index contributed by atoms with van der Waals surface area (Å²) in [7, 11) is 0. The van der Waals surface area contributed by atoms with E-state index in [4.69, 9.17) is 4.74 Å². The van der Waals surface area contributed by atoms with Crippen LogP contribution in [0.25, 0.3) is 0 Å². The third kappa shape index (κ3) is 13.0. The lowest BCUT2D eigenvalue weighted by atomic mass is 10.1. The summed E-state index contributed by atoms with van der Waals surface area (Å²) in [6, 6.07) is 7.75. The Morgan fingerprint density at radius 3 is 2.11 bits per heavy atom. The van der Waals surface area contributed by atoms with Gasteiger partial charge >= 0.3 is 0 Å². The van der Waals surface area contributed by atoms with Crippen molar-refractivity contribution < 1.29 is 9.53 Å². The van der Waals surface area contributed by atoms with Crippen LogP contribution in [0.3, 0.4) is 0 Å². The summed E-state index contributed by atoms with van der Waals surface area (Å²) < 4.78 is 5.63. The van der Waals surface area contributed by atoms with Crippen molar-refractivity contribution in [3.8, 4) is 5.75 Å². The highest BCUT2D eigenvalue weighted by atomic mass is 16.5. The molecule has 0 aromatic heterocycles. The molecule has 152 valence electrons. The van der Waals surface area contributed by atoms with Crippen molar-refractivity contribution in [1.29, 1.82) is 0 Å². The number of nitrogens with zero attached hydrogens (tertiary/aromatic N) is 1. The Kier molecular flexibility index (Phi) is 14.0. The molecule has 0 saturated heterocycles. The van der Waals surface area contributed by atoms with Crippen LogP contribution in [0.4, 0.5) is 0 Å². The number of hydrazone groups is 1. The van der Waals surface area contributed by atoms with E-state index in [-0.39, 0.29) is 5.91 Å². The van der Waals surface area contributed by atoms with Crippen LogP contribution in [0.5, 0.6) is 5.75 Å². The molecule has 1 aromatic rings. The van der Waals surface area contributed by atoms with Crippen LogP contribution >= 0.6 is 0 Å². The van der Waals surface area contributed by atoms with Crippen LogP contribution in [0.2, 0.25) is 0 Å². The van der Waals surface area contributed by atoms with Crippen LogP contribution in [0.1, 0.15) is 96.5 Å². The fourth-order valence-corrected chi connectivity index (χ4v) is 2.82. The molecular formula is C23H38N2O2. The number of benzene rings is 1. The summed E-state index contributed by atoms with van der Waals surface area (Å²) in [5, 5.41) is 4.04. The normalized spacial score (nSPS) is 11.0. The molecule has 1 amide bonds. The maximum atomic E-state index is 11.8. The molecule has 0 aliphatic carbocycles. The van der Waals surface area contributed by atoms with Gasteiger partial charge in [-0.25, -0.2) is 5.43 Å². The van der Waals surface area contributed by atoms with Gasteiger partial charge in [0.25, 0.3) is 0 Å². The predicted octanol–water partition coefficient (Wildman–Crippen LogP) is 6.24. The van der Waals surface area contributed by atoms with Gasteiger partial charge in [0.2, 0.25) is 5.91 Å². The summed E-state index contributed by atoms with van der Waals surface area (Å²) in [6.45, 7) is 5.14. The topological polar surface area (TPSA) is 50.7 Å². The first-order valence-corrected chi connectivity index (χ1v) is 10.8. The summed E-state index contributed by atoms with van der Waals surface area (Å²) in [5.74, 6) is 0.865. The molecule has 0 saturated carbocycles. The van der Waals surface area contributed by atoms with Gasteiger partial charge in [-0.05, 0) is 42.7 Å². The molecule has 1 aromatic carbocycles. The van der Waals surface area contributed by atoms with Crippen LogP contribution in [0, 0.1) is 0 Å². The fraction of sp³-hybridized carbons (Fsp3) is 0.652. The molecule has 0 fully saturated rings. The average molecular weight is 375 g/mol. The zero-order valence-electron chi connectivity index (χ0n) is 17.3. The largest absolute Gasteiger partial charge is 0.494 e. The second-order valence-corrected chi connectivity index (χ2v) is 7.14. The fourth-order valence-electron chi connectivity index (χ4n) is 2.82. The van der Waals surface area contributed by atoms with Crippen molar-refractivity contribution in [3.05, 3.63) is 29.8 Å². The minimum atomic E-state index is -0.00582. The van der Waals surface area contributed by atoms with E-state index in [9.17, 15) is 4.79 Å². The van der Waals surface area contributed by atoms with Crippen LogP contribution < -0.4 is 10.2 Å². The zero-order valence-corrected chi connectivity index (χ0v) is 17.3. The van der Waals surface area contributed by atoms with Gasteiger partial charge in [0, 0.05) is 6.42 Å². The molecule has 4 nitrogen and oxygen atoms in total. The maximum absolute atomic E-state index is 11.8. The number of rotatable bonds is 16. The third-order valence-electron chi connectivity index (χ3n) is 4.56. The van der Waals surface area contributed by atoms with E-state index in [1.807, 2.05) is 24.3 Å². The van der Waals surface area contributed by atoms with Gasteiger partial charge in [0.05, 0.1) is 12.8 Å². The van der Waals surface area contributed by atoms with Crippen molar-refractivity contribution in [2.24, 2.45) is 5.10 Å². The Morgan fingerprint density at radius 2 is 1.48 bits per heavy atom. The summed E-state index contributed by atoms with van der Waals surface area (Å²) in [4.78, 5) is 11.8. The maximum Gasteiger partial charge on any atom is 0.240 e. The smallest absolute Gasteiger partial charge is 0.240 e. The number of unbranched alkanes of at least 4 members (excludes halogenated alkanes) is 9. The first kappa shape index (κ1) is 23.2. The Morgan fingerprint density at radius 1 is 0.889 bits per heavy atom. The summed E-state index contributed by atoms with van der Waals surface area (Å²) in [5.41, 5.74) is 3.56. The monoisotopic (exact) mass is 374 g/mol. The van der Waals surface area contributed by atoms with Gasteiger partial charge in [-0.3, -0.25) is 4.79 Å². The quantitative estimate of drug-likeness (QED) is 0.212. The predicted molar refractivity (Wildman–Crippen MR) is 114 cm³/mol. The number of amides is 1. The first-order valence-electron chi connectivity index (χ1n) is 10.8. The Balaban J connectivity index is 2.06. The molecule has 0 bridgehead atoms. The molecule has 0 aliphatic rings. The average Bonchev–Trinajstić information content (AvgIpc) is 2.68. The lowest BCUT2D eigenvalue weighted by molar-refractivity contribution is -0.121. The summed E-state index contributed by atoms with van der Waals surface area (Å²) in [6.07, 6.45) is 15.7. The SMILES string of the molecule is CCCCCCCCCCCC(=O)N/N=C/c1ccc(OCCCC)cc1. The number of hydrogen-bond donors (Lipinski definition) is 1. The molecule has 0 radical (unpaired) electrons. The molecule has 4 heteroatoms. The van der Waals surface area contributed by atoms with Crippen molar-refractivity contribution in [3.63, 3.8) is 0 Å². The van der Waals surface area contributed by atoms with Gasteiger partial charge in [0.1, 0.15) is 5.75 Å². The van der Waals surface area contributed by atoms with E-state index < -0.39 is 0 Å². The van der Waals surface area contributed by atoms with E-state index in [0.29, 0.717) is 6.42 Å². The van der Waals surface area contributed by atoms with Crippen molar-refractivity contribution >= 4 is 12.1 Å². The molecule has 0 aliphatic heterocycles. The zero-order chi connectivity index (χ0) is 19.6. The number of hydrogen-bond acceptors (Lipinski definition) is 3. The Bertz CT molecular complexity index is 512. The number of carbonyl (C=O) groups excluding carboxylic acids is 1. The van der Waals surface area contributed by atoms with E-state index in [1.54, 1.807) is 6.21 Å². The van der Waals surface area contributed by atoms with E-state index in [1.165, 1.54) is 44.9 Å². The molecule has 0 spiro atoms. The van der Waals surface area contributed by atoms with Gasteiger partial charge in [0.15, 0.2) is 0 Å². The lowest BCUT2D eigenvalue weighted by Crippen LogP contribution is -2.16. The van der Waals surface area contributed by atoms with Gasteiger partial charge in [-0.2, -0.15) is 5.10 Å². The van der Waals surface area contributed by atoms with Gasteiger partial charge in [-0.1, -0.05) is 71.6 Å². The second-order valence-electron chi connectivity index (χ2n) is 7.14. The number of ether oxygens (including phenoxy) is 1. The molecule has 1 rings (SSSR count). The highest BCUT2D eigenvalue weighted by Crippen LogP contribution is 2.12. The minimum absolute atomic E-state index is 0.00582. The molecule has 0 unspecified atom stereocenters. The Hall–Kier alpha value is -1.84. The molecule has 0 atom stereocenters. The van der Waals surface area contributed by atoms with Crippen LogP contribution in [-0.2, 0) is 4.79 Å². The van der Waals surface area contributed by atoms with Gasteiger partial charge < -0.3 is 4.74 Å². The standard InChI is InChI=1S/C23H38N2O2/c1-3-5-7-8-9-10-11-12-13-14-23(26)25-24-20-21-15-17-22(18-16-21)27-19-6-4-2/h15-18,20H,3-14,19H2,1-2H3,(H,25,26)/b24-20+. The molecule has 1 N–H and O–H groups in total. The second kappa shape index (κ2) is 16.3. The van der Waals surface area contributed by atoms with Crippen molar-refractivity contribution in [2.45, 2.75) is 90.9 Å². The highest BCUT2D eigenvalue weighted by molar-refractivity contribution is 5.82. The van der Waals surface area contributed by atoms with Crippen LogP contribution in [-0.4, -0.2) is 18.7 Å². The minimum Gasteiger partial charge on any atom is -0.494 e. The van der Waals surface area contributed by atoms with Crippen molar-refractivity contribution in [2.75, 3.05) is 6.61 Å². The number of carbonyl (C=O) groups is 1. The van der Waals surface area contributed by atoms with E-state index in [0.717, 1.165) is 43.6 Å². The highest BCUT2D eigenvalue weighted by Gasteiger charge is 1.99. The van der Waals surface area contributed by atoms with Gasteiger partial charge in [-0.15, -0.1) is 0 Å².